The van der Waals surface area contributed by atoms with Crippen LogP contribution in [0.15, 0.2) is 16.7 Å². The molecule has 6 rings (SSSR count). The Morgan fingerprint density at radius 3 is 2.68 bits per heavy atom. The summed E-state index contributed by atoms with van der Waals surface area (Å²) in [5.74, 6) is 2.23. The van der Waals surface area contributed by atoms with Crippen molar-refractivity contribution >= 4 is 28.4 Å². The van der Waals surface area contributed by atoms with E-state index in [1.165, 1.54) is 38.8 Å². The number of piperidine rings is 3. The molecule has 2 bridgehead atoms. The van der Waals surface area contributed by atoms with Crippen LogP contribution >= 0.6 is 11.6 Å². The molecule has 1 aliphatic carbocycles. The number of rotatable bonds is 3. The lowest BCUT2D eigenvalue weighted by molar-refractivity contribution is 0.0973. The molecule has 1 atom stereocenters. The third-order valence-electron chi connectivity index (χ3n) is 5.59. The Balaban J connectivity index is 1.49. The summed E-state index contributed by atoms with van der Waals surface area (Å²) in [5, 5.41) is 9.88. The summed E-state index contributed by atoms with van der Waals surface area (Å²) in [6.45, 7) is 3.63. The minimum atomic E-state index is 0.496. The summed E-state index contributed by atoms with van der Waals surface area (Å²) in [5.41, 5.74) is 2.05. The Bertz CT molecular complexity index is 716. The van der Waals surface area contributed by atoms with Crippen LogP contribution in [-0.4, -0.2) is 35.7 Å². The van der Waals surface area contributed by atoms with Gasteiger partial charge in [0, 0.05) is 23.2 Å². The minimum Gasteiger partial charge on any atom is -0.362 e. The molecule has 3 aliphatic heterocycles. The van der Waals surface area contributed by atoms with Crippen LogP contribution < -0.4 is 5.32 Å². The van der Waals surface area contributed by atoms with Gasteiger partial charge in [0.25, 0.3) is 0 Å². The highest BCUT2D eigenvalue weighted by Crippen LogP contribution is 2.47. The van der Waals surface area contributed by atoms with Gasteiger partial charge in [0.15, 0.2) is 11.4 Å². The van der Waals surface area contributed by atoms with Gasteiger partial charge in [-0.3, -0.25) is 0 Å². The quantitative estimate of drug-likeness (QED) is 0.933. The van der Waals surface area contributed by atoms with Gasteiger partial charge in [-0.2, -0.15) is 0 Å². The van der Waals surface area contributed by atoms with Gasteiger partial charge in [0.05, 0.1) is 5.39 Å². The van der Waals surface area contributed by atoms with Crippen molar-refractivity contribution in [1.29, 1.82) is 0 Å². The molecule has 116 valence electrons. The molecule has 4 heterocycles. The second-order valence-electron chi connectivity index (χ2n) is 7.03. The van der Waals surface area contributed by atoms with Crippen LogP contribution in [0, 0.1) is 5.92 Å². The Labute approximate surface area is 134 Å². The van der Waals surface area contributed by atoms with Gasteiger partial charge in [-0.1, -0.05) is 16.8 Å². The lowest BCUT2D eigenvalue weighted by Crippen LogP contribution is -2.53. The largest absolute Gasteiger partial charge is 0.362 e. The van der Waals surface area contributed by atoms with Gasteiger partial charge in [0.2, 0.25) is 0 Å². The number of halogens is 1. The maximum atomic E-state index is 6.38. The summed E-state index contributed by atoms with van der Waals surface area (Å²) >= 11 is 6.38. The standard InChI is InChI=1S/C17H20ClN3O/c18-13-4-3-12-16(15(13)11-1-2-11)22-20-17(12)19-14-9-21-7-5-10(14)6-8-21/h3-4,10-11,14H,1-2,5-9H2,(H,19,20)/t14-/m1/s1. The fourth-order valence-corrected chi connectivity index (χ4v) is 4.46. The van der Waals surface area contributed by atoms with Gasteiger partial charge >= 0.3 is 0 Å². The van der Waals surface area contributed by atoms with Crippen molar-refractivity contribution in [1.82, 2.24) is 10.1 Å². The van der Waals surface area contributed by atoms with E-state index in [1.807, 2.05) is 12.1 Å². The summed E-state index contributed by atoms with van der Waals surface area (Å²) in [6.07, 6.45) is 5.02. The van der Waals surface area contributed by atoms with E-state index in [9.17, 15) is 0 Å². The Kier molecular flexibility index (Phi) is 2.92. The first-order valence-electron chi connectivity index (χ1n) is 8.36. The molecule has 0 amide bonds. The number of hydrogen-bond donors (Lipinski definition) is 1. The zero-order chi connectivity index (χ0) is 14.7. The van der Waals surface area contributed by atoms with E-state index in [0.717, 1.165) is 39.8 Å². The zero-order valence-electron chi connectivity index (χ0n) is 12.5. The van der Waals surface area contributed by atoms with Crippen LogP contribution in [-0.2, 0) is 0 Å². The Morgan fingerprint density at radius 2 is 2.00 bits per heavy atom. The van der Waals surface area contributed by atoms with Crippen molar-refractivity contribution in [3.8, 4) is 0 Å². The van der Waals surface area contributed by atoms with Crippen LogP contribution in [0.25, 0.3) is 11.0 Å². The molecule has 4 nitrogen and oxygen atoms in total. The maximum absolute atomic E-state index is 6.38. The van der Waals surface area contributed by atoms with Gasteiger partial charge in [-0.25, -0.2) is 0 Å². The van der Waals surface area contributed by atoms with Crippen LogP contribution in [0.1, 0.15) is 37.2 Å². The third kappa shape index (κ3) is 2.04. The van der Waals surface area contributed by atoms with Gasteiger partial charge in [-0.15, -0.1) is 0 Å². The molecule has 0 unspecified atom stereocenters. The highest BCUT2D eigenvalue weighted by molar-refractivity contribution is 6.32. The first-order valence-corrected chi connectivity index (χ1v) is 8.74. The first kappa shape index (κ1) is 13.2. The zero-order valence-corrected chi connectivity index (χ0v) is 13.3. The second kappa shape index (κ2) is 4.87. The maximum Gasteiger partial charge on any atom is 0.177 e. The third-order valence-corrected chi connectivity index (χ3v) is 5.92. The number of nitrogens with zero attached hydrogens (tertiary/aromatic N) is 2. The number of nitrogens with one attached hydrogen (secondary N) is 1. The molecule has 0 spiro atoms. The lowest BCUT2D eigenvalue weighted by Gasteiger charge is -2.44. The molecular weight excluding hydrogens is 298 g/mol. The topological polar surface area (TPSA) is 41.3 Å². The molecule has 1 aromatic carbocycles. The highest BCUT2D eigenvalue weighted by atomic mass is 35.5. The van der Waals surface area contributed by atoms with E-state index in [4.69, 9.17) is 16.1 Å². The smallest absolute Gasteiger partial charge is 0.177 e. The molecule has 2 aromatic rings. The van der Waals surface area contributed by atoms with Gasteiger partial charge in [0.1, 0.15) is 0 Å². The normalized spacial score (nSPS) is 30.9. The molecule has 3 saturated heterocycles. The molecular formula is C17H20ClN3O. The fourth-order valence-electron chi connectivity index (χ4n) is 4.16. The monoisotopic (exact) mass is 317 g/mol. The molecule has 1 saturated carbocycles. The van der Waals surface area contributed by atoms with Crippen molar-refractivity contribution in [2.24, 2.45) is 5.92 Å². The SMILES string of the molecule is Clc1ccc2c(N[C@@H]3CN4CCC3CC4)noc2c1C1CC1. The Morgan fingerprint density at radius 1 is 1.18 bits per heavy atom. The fraction of sp³-hybridized carbons (Fsp3) is 0.588. The summed E-state index contributed by atoms with van der Waals surface area (Å²) in [6, 6.07) is 4.54. The number of aromatic nitrogens is 1. The summed E-state index contributed by atoms with van der Waals surface area (Å²) in [7, 11) is 0. The number of fused-ring (bicyclic) bond motifs is 4. The predicted octanol–water partition coefficient (Wildman–Crippen LogP) is 3.86. The van der Waals surface area contributed by atoms with E-state index in [1.54, 1.807) is 0 Å². The van der Waals surface area contributed by atoms with E-state index >= 15 is 0 Å². The van der Waals surface area contributed by atoms with E-state index < -0.39 is 0 Å². The van der Waals surface area contributed by atoms with Gasteiger partial charge < -0.3 is 14.7 Å². The second-order valence-corrected chi connectivity index (χ2v) is 7.44. The van der Waals surface area contributed by atoms with Crippen molar-refractivity contribution in [2.45, 2.75) is 37.6 Å². The van der Waals surface area contributed by atoms with E-state index in [2.05, 4.69) is 15.4 Å². The summed E-state index contributed by atoms with van der Waals surface area (Å²) in [4.78, 5) is 2.55. The Hall–Kier alpha value is -1.26. The van der Waals surface area contributed by atoms with Crippen LogP contribution in [0.5, 0.6) is 0 Å². The van der Waals surface area contributed by atoms with Gasteiger partial charge in [-0.05, 0) is 62.7 Å². The molecule has 4 aliphatic rings. The molecule has 5 heteroatoms. The molecule has 1 N–H and O–H groups in total. The molecule has 1 aromatic heterocycles. The highest BCUT2D eigenvalue weighted by Gasteiger charge is 2.35. The first-order chi connectivity index (χ1) is 10.8. The van der Waals surface area contributed by atoms with Crippen molar-refractivity contribution in [3.05, 3.63) is 22.7 Å². The molecule has 22 heavy (non-hydrogen) atoms. The average Bonchev–Trinajstić information content (AvgIpc) is 3.30. The van der Waals surface area contributed by atoms with Crippen molar-refractivity contribution < 1.29 is 4.52 Å². The van der Waals surface area contributed by atoms with E-state index in [0.29, 0.717) is 12.0 Å². The van der Waals surface area contributed by atoms with Crippen molar-refractivity contribution in [3.63, 3.8) is 0 Å². The van der Waals surface area contributed by atoms with E-state index in [-0.39, 0.29) is 0 Å². The average molecular weight is 318 g/mol. The number of benzene rings is 1. The summed E-state index contributed by atoms with van der Waals surface area (Å²) < 4.78 is 5.67. The molecule has 0 radical (unpaired) electrons. The lowest BCUT2D eigenvalue weighted by atomic mass is 9.84. The molecule has 4 fully saturated rings. The van der Waals surface area contributed by atoms with Crippen molar-refractivity contribution in [2.75, 3.05) is 25.0 Å². The van der Waals surface area contributed by atoms with Crippen LogP contribution in [0.3, 0.4) is 0 Å². The van der Waals surface area contributed by atoms with Crippen LogP contribution in [0.2, 0.25) is 5.02 Å². The van der Waals surface area contributed by atoms with Crippen LogP contribution in [0.4, 0.5) is 5.82 Å². The predicted molar refractivity (Wildman–Crippen MR) is 87.6 cm³/mol. The minimum absolute atomic E-state index is 0.496. The number of hydrogen-bond acceptors (Lipinski definition) is 4. The number of anilines is 1.